The predicted molar refractivity (Wildman–Crippen MR) is 54.9 cm³/mol. The van der Waals surface area contributed by atoms with Gasteiger partial charge in [-0.1, -0.05) is 11.8 Å². The maximum Gasteiger partial charge on any atom is 0.453 e. The molecule has 5 nitrogen and oxygen atoms in total. The van der Waals surface area contributed by atoms with Crippen molar-refractivity contribution in [3.8, 4) is 0 Å². The van der Waals surface area contributed by atoms with Crippen molar-refractivity contribution in [2.24, 2.45) is 0 Å². The molecular formula is C8H11F3N4OS. The van der Waals surface area contributed by atoms with E-state index in [9.17, 15) is 13.2 Å². The summed E-state index contributed by atoms with van der Waals surface area (Å²) >= 11 is 1.12. The minimum Gasteiger partial charge on any atom is -0.377 e. The van der Waals surface area contributed by atoms with E-state index in [1.807, 2.05) is 0 Å². The van der Waals surface area contributed by atoms with E-state index in [4.69, 9.17) is 10.6 Å². The van der Waals surface area contributed by atoms with E-state index in [0.29, 0.717) is 17.0 Å². The summed E-state index contributed by atoms with van der Waals surface area (Å²) in [6.07, 6.45) is -2.62. The number of nitrogen functional groups attached to an aromatic ring is 1. The number of rotatable bonds is 3. The third kappa shape index (κ3) is 2.83. The zero-order valence-corrected chi connectivity index (χ0v) is 9.59. The van der Waals surface area contributed by atoms with Crippen LogP contribution in [0, 0.1) is 0 Å². The van der Waals surface area contributed by atoms with Gasteiger partial charge in [0, 0.05) is 12.4 Å². The van der Waals surface area contributed by atoms with Crippen molar-refractivity contribution in [3.63, 3.8) is 0 Å². The summed E-state index contributed by atoms with van der Waals surface area (Å²) < 4.78 is 42.9. The molecule has 0 aromatic carbocycles. The first-order chi connectivity index (χ1) is 7.98. The van der Waals surface area contributed by atoms with Gasteiger partial charge in [0.05, 0.1) is 6.10 Å². The standard InChI is InChI=1S/C8H11F3N4OS/c9-8(10,11)6-13-14-7(15(6)12)17-4-5-2-1-3-16-5/h5H,1-4,12H2. The molecule has 0 aliphatic carbocycles. The zero-order valence-electron chi connectivity index (χ0n) is 8.78. The molecule has 1 aliphatic heterocycles. The molecule has 2 rings (SSSR count). The van der Waals surface area contributed by atoms with Crippen LogP contribution in [0.4, 0.5) is 13.2 Å². The van der Waals surface area contributed by atoms with Crippen LogP contribution in [-0.2, 0) is 10.9 Å². The molecule has 0 amide bonds. The van der Waals surface area contributed by atoms with Gasteiger partial charge in [-0.2, -0.15) is 13.2 Å². The second kappa shape index (κ2) is 4.73. The zero-order chi connectivity index (χ0) is 12.5. The minimum atomic E-state index is -4.58. The first-order valence-electron chi connectivity index (χ1n) is 5.00. The van der Waals surface area contributed by atoms with Gasteiger partial charge >= 0.3 is 6.18 Å². The van der Waals surface area contributed by atoms with Crippen molar-refractivity contribution in [1.29, 1.82) is 0 Å². The van der Waals surface area contributed by atoms with Gasteiger partial charge < -0.3 is 10.6 Å². The van der Waals surface area contributed by atoms with E-state index >= 15 is 0 Å². The summed E-state index contributed by atoms with van der Waals surface area (Å²) in [6, 6.07) is 0. The van der Waals surface area contributed by atoms with Gasteiger partial charge in [-0.3, -0.25) is 0 Å². The Labute approximate surface area is 99.5 Å². The molecule has 1 fully saturated rings. The molecule has 1 saturated heterocycles. The first kappa shape index (κ1) is 12.5. The Kier molecular flexibility index (Phi) is 3.48. The Morgan fingerprint density at radius 2 is 2.24 bits per heavy atom. The van der Waals surface area contributed by atoms with Crippen molar-refractivity contribution in [1.82, 2.24) is 14.9 Å². The summed E-state index contributed by atoms with van der Waals surface area (Å²) in [5, 5.41) is 6.50. The Morgan fingerprint density at radius 1 is 1.47 bits per heavy atom. The lowest BCUT2D eigenvalue weighted by Crippen LogP contribution is -2.21. The van der Waals surface area contributed by atoms with Gasteiger partial charge in [-0.25, -0.2) is 4.68 Å². The molecule has 1 aromatic heterocycles. The lowest BCUT2D eigenvalue weighted by molar-refractivity contribution is -0.146. The summed E-state index contributed by atoms with van der Waals surface area (Å²) in [5.74, 6) is 4.63. The monoisotopic (exact) mass is 268 g/mol. The average molecular weight is 268 g/mol. The smallest absolute Gasteiger partial charge is 0.377 e. The van der Waals surface area contributed by atoms with Crippen LogP contribution in [0.15, 0.2) is 5.16 Å². The molecule has 2 heterocycles. The van der Waals surface area contributed by atoms with Crippen LogP contribution in [0.5, 0.6) is 0 Å². The molecule has 96 valence electrons. The Morgan fingerprint density at radius 3 is 2.76 bits per heavy atom. The largest absolute Gasteiger partial charge is 0.453 e. The molecule has 1 aromatic rings. The highest BCUT2D eigenvalue weighted by atomic mass is 32.2. The van der Waals surface area contributed by atoms with Crippen LogP contribution < -0.4 is 5.84 Å². The third-order valence-electron chi connectivity index (χ3n) is 2.34. The molecule has 0 spiro atoms. The number of thioether (sulfide) groups is 1. The van der Waals surface area contributed by atoms with Gasteiger partial charge in [0.1, 0.15) is 0 Å². The molecular weight excluding hydrogens is 257 g/mol. The summed E-state index contributed by atoms with van der Waals surface area (Å²) in [5.41, 5.74) is 0. The van der Waals surface area contributed by atoms with E-state index in [2.05, 4.69) is 10.2 Å². The maximum absolute atomic E-state index is 12.4. The molecule has 1 unspecified atom stereocenters. The molecule has 17 heavy (non-hydrogen) atoms. The highest BCUT2D eigenvalue weighted by Crippen LogP contribution is 2.29. The normalized spacial score (nSPS) is 21.0. The third-order valence-corrected chi connectivity index (χ3v) is 3.42. The van der Waals surface area contributed by atoms with E-state index in [-0.39, 0.29) is 11.3 Å². The summed E-state index contributed by atoms with van der Waals surface area (Å²) in [4.78, 5) is 0. The van der Waals surface area contributed by atoms with Crippen molar-refractivity contribution in [3.05, 3.63) is 5.82 Å². The number of ether oxygens (including phenoxy) is 1. The van der Waals surface area contributed by atoms with Gasteiger partial charge in [0.25, 0.3) is 5.82 Å². The highest BCUT2D eigenvalue weighted by molar-refractivity contribution is 7.99. The summed E-state index contributed by atoms with van der Waals surface area (Å²) in [6.45, 7) is 0.703. The Balaban J connectivity index is 1.99. The molecule has 0 saturated carbocycles. The quantitative estimate of drug-likeness (QED) is 0.661. The average Bonchev–Trinajstić information content (AvgIpc) is 2.83. The first-order valence-corrected chi connectivity index (χ1v) is 5.99. The lowest BCUT2D eigenvalue weighted by Gasteiger charge is -2.08. The van der Waals surface area contributed by atoms with Crippen LogP contribution in [0.25, 0.3) is 0 Å². The lowest BCUT2D eigenvalue weighted by atomic mass is 10.3. The Bertz CT molecular complexity index is 389. The fraction of sp³-hybridized carbons (Fsp3) is 0.750. The van der Waals surface area contributed by atoms with Crippen molar-refractivity contribution in [2.45, 2.75) is 30.3 Å². The predicted octanol–water partition coefficient (Wildman–Crippen LogP) is 1.28. The van der Waals surface area contributed by atoms with Gasteiger partial charge in [-0.15, -0.1) is 10.2 Å². The highest BCUT2D eigenvalue weighted by Gasteiger charge is 2.38. The molecule has 1 aliphatic rings. The molecule has 0 radical (unpaired) electrons. The van der Waals surface area contributed by atoms with Crippen LogP contribution >= 0.6 is 11.8 Å². The van der Waals surface area contributed by atoms with E-state index < -0.39 is 12.0 Å². The van der Waals surface area contributed by atoms with E-state index in [1.54, 1.807) is 0 Å². The summed E-state index contributed by atoms with van der Waals surface area (Å²) in [7, 11) is 0. The minimum absolute atomic E-state index is 0.0489. The van der Waals surface area contributed by atoms with Crippen LogP contribution in [-0.4, -0.2) is 33.3 Å². The van der Waals surface area contributed by atoms with Crippen LogP contribution in [0.2, 0.25) is 0 Å². The molecule has 2 N–H and O–H groups in total. The number of halogens is 3. The fourth-order valence-corrected chi connectivity index (χ4v) is 2.43. The van der Waals surface area contributed by atoms with Gasteiger partial charge in [0.2, 0.25) is 5.16 Å². The van der Waals surface area contributed by atoms with E-state index in [1.165, 1.54) is 0 Å². The number of nitrogens with two attached hydrogens (primary N) is 1. The SMILES string of the molecule is Nn1c(SCC2CCCO2)nnc1C(F)(F)F. The van der Waals surface area contributed by atoms with E-state index in [0.717, 1.165) is 24.6 Å². The number of hydrogen-bond donors (Lipinski definition) is 1. The van der Waals surface area contributed by atoms with Crippen molar-refractivity contribution < 1.29 is 17.9 Å². The van der Waals surface area contributed by atoms with Crippen LogP contribution in [0.1, 0.15) is 18.7 Å². The van der Waals surface area contributed by atoms with Crippen molar-refractivity contribution >= 4 is 11.8 Å². The van der Waals surface area contributed by atoms with Crippen LogP contribution in [0.3, 0.4) is 0 Å². The second-order valence-electron chi connectivity index (χ2n) is 3.62. The molecule has 1 atom stereocenters. The number of hydrogen-bond acceptors (Lipinski definition) is 5. The van der Waals surface area contributed by atoms with Gasteiger partial charge in [-0.05, 0) is 12.8 Å². The Hall–Kier alpha value is -0.960. The van der Waals surface area contributed by atoms with Crippen molar-refractivity contribution in [2.75, 3.05) is 18.2 Å². The molecule has 0 bridgehead atoms. The number of alkyl halides is 3. The fourth-order valence-electron chi connectivity index (χ4n) is 1.51. The topological polar surface area (TPSA) is 66.0 Å². The number of nitrogens with zero attached hydrogens (tertiary/aromatic N) is 3. The van der Waals surface area contributed by atoms with Gasteiger partial charge in [0.15, 0.2) is 0 Å². The molecule has 9 heteroatoms. The second-order valence-corrected chi connectivity index (χ2v) is 4.61. The number of aromatic nitrogens is 3. The maximum atomic E-state index is 12.4.